The molecule has 1 aliphatic rings. The standard InChI is InChI=1S/C15H32N4O/c1-12-10-19(11-13(12)18(4)5)9-7-6-8-15(2,17-3)14(16)20/h12-13,17H,6-11H2,1-5H3,(H2,16,20). The monoisotopic (exact) mass is 284 g/mol. The van der Waals surface area contributed by atoms with E-state index in [1.165, 1.54) is 6.54 Å². The zero-order valence-corrected chi connectivity index (χ0v) is 13.8. The van der Waals surface area contributed by atoms with Crippen LogP contribution in [0.3, 0.4) is 0 Å². The van der Waals surface area contributed by atoms with Crippen molar-refractivity contribution in [1.29, 1.82) is 0 Å². The van der Waals surface area contributed by atoms with Gasteiger partial charge in [0.25, 0.3) is 0 Å². The molecule has 1 amide bonds. The lowest BCUT2D eigenvalue weighted by molar-refractivity contribution is -0.123. The van der Waals surface area contributed by atoms with Crippen LogP contribution in [0.4, 0.5) is 0 Å². The van der Waals surface area contributed by atoms with Gasteiger partial charge in [0.2, 0.25) is 5.91 Å². The molecule has 0 aromatic heterocycles. The summed E-state index contributed by atoms with van der Waals surface area (Å²) >= 11 is 0. The van der Waals surface area contributed by atoms with Crippen molar-refractivity contribution in [3.63, 3.8) is 0 Å². The van der Waals surface area contributed by atoms with Crippen LogP contribution in [-0.2, 0) is 4.79 Å². The molecule has 3 N–H and O–H groups in total. The van der Waals surface area contributed by atoms with E-state index in [9.17, 15) is 4.79 Å². The molecular weight excluding hydrogens is 252 g/mol. The van der Waals surface area contributed by atoms with Gasteiger partial charge in [-0.05, 0) is 59.8 Å². The van der Waals surface area contributed by atoms with Gasteiger partial charge in [-0.25, -0.2) is 0 Å². The van der Waals surface area contributed by atoms with Crippen molar-refractivity contribution in [2.45, 2.75) is 44.7 Å². The van der Waals surface area contributed by atoms with Crippen molar-refractivity contribution in [1.82, 2.24) is 15.1 Å². The van der Waals surface area contributed by atoms with E-state index in [0.29, 0.717) is 6.04 Å². The Morgan fingerprint density at radius 2 is 2.05 bits per heavy atom. The summed E-state index contributed by atoms with van der Waals surface area (Å²) in [6.45, 7) is 7.67. The third-order valence-corrected chi connectivity index (χ3v) is 4.81. The highest BCUT2D eigenvalue weighted by molar-refractivity contribution is 5.84. The Morgan fingerprint density at radius 3 is 2.50 bits per heavy atom. The van der Waals surface area contributed by atoms with Crippen molar-refractivity contribution in [3.8, 4) is 0 Å². The number of amides is 1. The highest BCUT2D eigenvalue weighted by Gasteiger charge is 2.31. The molecule has 1 rings (SSSR count). The number of hydrogen-bond donors (Lipinski definition) is 2. The maximum atomic E-state index is 11.4. The molecule has 1 saturated heterocycles. The van der Waals surface area contributed by atoms with E-state index < -0.39 is 5.54 Å². The van der Waals surface area contributed by atoms with Crippen molar-refractivity contribution in [3.05, 3.63) is 0 Å². The predicted octanol–water partition coefficient (Wildman–Crippen LogP) is 0.502. The Kier molecular flexibility index (Phi) is 6.43. The summed E-state index contributed by atoms with van der Waals surface area (Å²) in [7, 11) is 6.13. The van der Waals surface area contributed by atoms with Crippen LogP contribution in [0.1, 0.15) is 33.1 Å². The summed E-state index contributed by atoms with van der Waals surface area (Å²) in [5, 5.41) is 3.04. The van der Waals surface area contributed by atoms with Crippen LogP contribution >= 0.6 is 0 Å². The van der Waals surface area contributed by atoms with Crippen LogP contribution < -0.4 is 11.1 Å². The molecule has 1 heterocycles. The lowest BCUT2D eigenvalue weighted by atomic mass is 9.94. The summed E-state index contributed by atoms with van der Waals surface area (Å²) < 4.78 is 0. The number of nitrogens with two attached hydrogens (primary N) is 1. The van der Waals surface area contributed by atoms with Crippen LogP contribution in [0.25, 0.3) is 0 Å². The second-order valence-corrected chi connectivity index (χ2v) is 6.67. The number of carbonyl (C=O) groups excluding carboxylic acids is 1. The number of primary amides is 1. The second-order valence-electron chi connectivity index (χ2n) is 6.67. The lowest BCUT2D eigenvalue weighted by Crippen LogP contribution is -2.51. The smallest absolute Gasteiger partial charge is 0.237 e. The van der Waals surface area contributed by atoms with Gasteiger partial charge in [-0.15, -0.1) is 0 Å². The fourth-order valence-electron chi connectivity index (χ4n) is 3.09. The number of hydrogen-bond acceptors (Lipinski definition) is 4. The molecule has 0 spiro atoms. The Balaban J connectivity index is 2.27. The van der Waals surface area contributed by atoms with Crippen LogP contribution in [0, 0.1) is 5.92 Å². The fraction of sp³-hybridized carbons (Fsp3) is 0.933. The average molecular weight is 284 g/mol. The number of rotatable bonds is 8. The molecule has 118 valence electrons. The third kappa shape index (κ3) is 4.43. The maximum absolute atomic E-state index is 11.4. The Labute approximate surface area is 123 Å². The summed E-state index contributed by atoms with van der Waals surface area (Å²) in [4.78, 5) is 16.3. The minimum atomic E-state index is -0.565. The molecule has 0 aliphatic carbocycles. The van der Waals surface area contributed by atoms with Gasteiger partial charge < -0.3 is 20.9 Å². The molecule has 5 heteroatoms. The molecule has 3 unspecified atom stereocenters. The van der Waals surface area contributed by atoms with Gasteiger partial charge in [0.15, 0.2) is 0 Å². The topological polar surface area (TPSA) is 61.6 Å². The molecular formula is C15H32N4O. The summed E-state index contributed by atoms with van der Waals surface area (Å²) in [5.74, 6) is 0.473. The number of carbonyl (C=O) groups is 1. The second kappa shape index (κ2) is 7.38. The molecule has 3 atom stereocenters. The summed E-state index contributed by atoms with van der Waals surface area (Å²) in [6.07, 6.45) is 2.95. The van der Waals surface area contributed by atoms with Crippen molar-refractivity contribution in [2.75, 3.05) is 40.8 Å². The maximum Gasteiger partial charge on any atom is 0.237 e. The first kappa shape index (κ1) is 17.4. The summed E-state index contributed by atoms with van der Waals surface area (Å²) in [6, 6.07) is 0.670. The highest BCUT2D eigenvalue weighted by Crippen LogP contribution is 2.21. The largest absolute Gasteiger partial charge is 0.368 e. The van der Waals surface area contributed by atoms with Gasteiger partial charge >= 0.3 is 0 Å². The van der Waals surface area contributed by atoms with Gasteiger partial charge in [-0.2, -0.15) is 0 Å². The van der Waals surface area contributed by atoms with E-state index in [1.807, 2.05) is 6.92 Å². The molecule has 0 aromatic rings. The van der Waals surface area contributed by atoms with Gasteiger partial charge in [0.1, 0.15) is 0 Å². The zero-order valence-electron chi connectivity index (χ0n) is 13.8. The predicted molar refractivity (Wildman–Crippen MR) is 83.6 cm³/mol. The number of likely N-dealkylation sites (tertiary alicyclic amines) is 1. The first-order valence-electron chi connectivity index (χ1n) is 7.67. The minimum Gasteiger partial charge on any atom is -0.368 e. The van der Waals surface area contributed by atoms with Crippen LogP contribution in [0.2, 0.25) is 0 Å². The van der Waals surface area contributed by atoms with Crippen LogP contribution in [0.5, 0.6) is 0 Å². The number of nitrogens with one attached hydrogen (secondary N) is 1. The molecule has 0 bridgehead atoms. The quantitative estimate of drug-likeness (QED) is 0.637. The third-order valence-electron chi connectivity index (χ3n) is 4.81. The van der Waals surface area contributed by atoms with Crippen molar-refractivity contribution in [2.24, 2.45) is 11.7 Å². The fourth-order valence-corrected chi connectivity index (χ4v) is 3.09. The summed E-state index contributed by atoms with van der Waals surface area (Å²) in [5.41, 5.74) is 4.87. The molecule has 0 aromatic carbocycles. The van der Waals surface area contributed by atoms with Crippen LogP contribution in [-0.4, -0.2) is 68.1 Å². The molecule has 5 nitrogen and oxygen atoms in total. The molecule has 0 radical (unpaired) electrons. The minimum absolute atomic E-state index is 0.262. The first-order valence-corrected chi connectivity index (χ1v) is 7.67. The molecule has 1 fully saturated rings. The van der Waals surface area contributed by atoms with E-state index in [0.717, 1.165) is 38.3 Å². The van der Waals surface area contributed by atoms with Gasteiger partial charge in [0.05, 0.1) is 5.54 Å². The van der Waals surface area contributed by atoms with Gasteiger partial charge in [-0.1, -0.05) is 6.92 Å². The number of likely N-dealkylation sites (N-methyl/N-ethyl adjacent to an activating group) is 2. The zero-order chi connectivity index (χ0) is 15.3. The number of unbranched alkanes of at least 4 members (excludes halogenated alkanes) is 1. The highest BCUT2D eigenvalue weighted by atomic mass is 16.1. The van der Waals surface area contributed by atoms with Crippen molar-refractivity contribution < 1.29 is 4.79 Å². The normalized spacial score (nSPS) is 26.9. The first-order chi connectivity index (χ1) is 9.30. The number of nitrogens with zero attached hydrogens (tertiary/aromatic N) is 2. The molecule has 20 heavy (non-hydrogen) atoms. The SMILES string of the molecule is CNC(C)(CCCCN1CC(C)C(N(C)C)C1)C(N)=O. The van der Waals surface area contributed by atoms with Crippen LogP contribution in [0.15, 0.2) is 0 Å². The molecule has 0 saturated carbocycles. The van der Waals surface area contributed by atoms with E-state index in [1.54, 1.807) is 7.05 Å². The van der Waals surface area contributed by atoms with E-state index in [-0.39, 0.29) is 5.91 Å². The lowest BCUT2D eigenvalue weighted by Gasteiger charge is -2.26. The van der Waals surface area contributed by atoms with Gasteiger partial charge in [-0.3, -0.25) is 4.79 Å². The van der Waals surface area contributed by atoms with E-state index in [2.05, 4.69) is 36.1 Å². The van der Waals surface area contributed by atoms with Gasteiger partial charge in [0, 0.05) is 19.1 Å². The van der Waals surface area contributed by atoms with Crippen molar-refractivity contribution >= 4 is 5.91 Å². The Bertz CT molecular complexity index is 321. The van der Waals surface area contributed by atoms with E-state index >= 15 is 0 Å². The Morgan fingerprint density at radius 1 is 1.40 bits per heavy atom. The Hall–Kier alpha value is -0.650. The average Bonchev–Trinajstić information content (AvgIpc) is 2.75. The molecule has 1 aliphatic heterocycles. The van der Waals surface area contributed by atoms with E-state index in [4.69, 9.17) is 5.73 Å².